The van der Waals surface area contributed by atoms with Gasteiger partial charge in [0, 0.05) is 12.1 Å². The Hall–Kier alpha value is -1.84. The number of phenolic OH excluding ortho intramolecular Hbond substituents is 1. The Balaban J connectivity index is 2.17. The Morgan fingerprint density at radius 2 is 1.75 bits per heavy atom. The highest BCUT2D eigenvalue weighted by Crippen LogP contribution is 2.24. The van der Waals surface area contributed by atoms with Gasteiger partial charge in [0.25, 0.3) is 0 Å². The van der Waals surface area contributed by atoms with Gasteiger partial charge >= 0.3 is 0 Å². The van der Waals surface area contributed by atoms with E-state index in [1.165, 1.54) is 0 Å². The van der Waals surface area contributed by atoms with Crippen molar-refractivity contribution in [2.24, 2.45) is 0 Å². The maximum Gasteiger partial charge on any atom is 0.122 e. The minimum Gasteiger partial charge on any atom is -0.507 e. The molecule has 0 heterocycles. The van der Waals surface area contributed by atoms with Crippen LogP contribution in [0, 0.1) is 6.92 Å². The number of rotatable bonds is 5. The molecule has 0 fully saturated rings. The largest absolute Gasteiger partial charge is 0.507 e. The van der Waals surface area contributed by atoms with E-state index in [1.54, 1.807) is 0 Å². The maximum absolute atomic E-state index is 10.0. The number of aromatic hydroxyl groups is 1. The summed E-state index contributed by atoms with van der Waals surface area (Å²) in [5, 5.41) is 23.1. The summed E-state index contributed by atoms with van der Waals surface area (Å²) in [7, 11) is 0. The quantitative estimate of drug-likeness (QED) is 0.783. The summed E-state index contributed by atoms with van der Waals surface area (Å²) < 4.78 is 0. The van der Waals surface area contributed by atoms with Gasteiger partial charge in [-0.2, -0.15) is 0 Å². The average Bonchev–Trinajstić information content (AvgIpc) is 2.49. The first-order valence-corrected chi connectivity index (χ1v) is 6.76. The Labute approximate surface area is 119 Å². The normalized spacial score (nSPS) is 13.9. The topological polar surface area (TPSA) is 52.5 Å². The molecule has 0 bridgehead atoms. The van der Waals surface area contributed by atoms with Gasteiger partial charge in [0.05, 0.1) is 12.1 Å². The molecule has 0 aliphatic rings. The molecule has 0 spiro atoms. The van der Waals surface area contributed by atoms with E-state index in [0.717, 1.165) is 16.7 Å². The number of hydrogen-bond acceptors (Lipinski definition) is 3. The van der Waals surface area contributed by atoms with Gasteiger partial charge in [0.2, 0.25) is 0 Å². The molecule has 1 atom stereocenters. The monoisotopic (exact) mass is 271 g/mol. The summed E-state index contributed by atoms with van der Waals surface area (Å²) >= 11 is 0. The molecule has 1 unspecified atom stereocenters. The van der Waals surface area contributed by atoms with Crippen LogP contribution in [0.15, 0.2) is 48.5 Å². The van der Waals surface area contributed by atoms with Gasteiger partial charge in [-0.1, -0.05) is 48.5 Å². The first kappa shape index (κ1) is 14.6. The lowest BCUT2D eigenvalue weighted by atomic mass is 9.92. The van der Waals surface area contributed by atoms with Crippen molar-refractivity contribution in [2.45, 2.75) is 25.9 Å². The molecule has 0 aliphatic heterocycles. The van der Waals surface area contributed by atoms with E-state index in [0.29, 0.717) is 12.3 Å². The van der Waals surface area contributed by atoms with E-state index in [4.69, 9.17) is 0 Å². The smallest absolute Gasteiger partial charge is 0.122 e. The number of aryl methyl sites for hydroxylation is 1. The van der Waals surface area contributed by atoms with Gasteiger partial charge in [0.15, 0.2) is 0 Å². The van der Waals surface area contributed by atoms with Crippen molar-refractivity contribution in [2.75, 3.05) is 6.61 Å². The van der Waals surface area contributed by atoms with Gasteiger partial charge in [-0.15, -0.1) is 0 Å². The van der Waals surface area contributed by atoms with Crippen LogP contribution in [0.1, 0.15) is 23.6 Å². The Bertz CT molecular complexity index is 568. The van der Waals surface area contributed by atoms with Crippen LogP contribution in [-0.2, 0) is 12.1 Å². The minimum atomic E-state index is -0.530. The number of para-hydroxylation sites is 1. The van der Waals surface area contributed by atoms with Gasteiger partial charge in [-0.25, -0.2) is 0 Å². The van der Waals surface area contributed by atoms with Gasteiger partial charge < -0.3 is 15.5 Å². The molecule has 20 heavy (non-hydrogen) atoms. The summed E-state index contributed by atoms with van der Waals surface area (Å²) in [6.07, 6.45) is 0. The van der Waals surface area contributed by atoms with Gasteiger partial charge in [-0.3, -0.25) is 0 Å². The zero-order valence-corrected chi connectivity index (χ0v) is 11.9. The number of aliphatic hydroxyl groups is 1. The predicted molar refractivity (Wildman–Crippen MR) is 80.6 cm³/mol. The Morgan fingerprint density at radius 3 is 2.40 bits per heavy atom. The molecule has 0 aromatic heterocycles. The van der Waals surface area contributed by atoms with Crippen LogP contribution >= 0.6 is 0 Å². The van der Waals surface area contributed by atoms with Crippen LogP contribution in [0.5, 0.6) is 5.75 Å². The van der Waals surface area contributed by atoms with E-state index >= 15 is 0 Å². The molecule has 0 saturated heterocycles. The van der Waals surface area contributed by atoms with Crippen LogP contribution in [0.4, 0.5) is 0 Å². The van der Waals surface area contributed by atoms with Crippen molar-refractivity contribution >= 4 is 0 Å². The van der Waals surface area contributed by atoms with E-state index in [9.17, 15) is 10.2 Å². The van der Waals surface area contributed by atoms with E-state index in [-0.39, 0.29) is 6.61 Å². The molecular formula is C17H21NO2. The Kier molecular flexibility index (Phi) is 4.42. The summed E-state index contributed by atoms with van der Waals surface area (Å²) in [4.78, 5) is 0. The lowest BCUT2D eigenvalue weighted by molar-refractivity contribution is 0.173. The molecule has 2 aromatic rings. The fourth-order valence-electron chi connectivity index (χ4n) is 2.21. The van der Waals surface area contributed by atoms with Crippen molar-refractivity contribution in [3.05, 3.63) is 65.2 Å². The molecule has 0 amide bonds. The SMILES string of the molecule is Cc1cccc(CNC(C)(CO)c2ccccc2)c1O. The summed E-state index contributed by atoms with van der Waals surface area (Å²) in [5.41, 5.74) is 2.18. The minimum absolute atomic E-state index is 0.0103. The number of aliphatic hydroxyl groups excluding tert-OH is 1. The van der Waals surface area contributed by atoms with Gasteiger partial charge in [0.1, 0.15) is 5.75 Å². The number of benzene rings is 2. The van der Waals surface area contributed by atoms with Crippen LogP contribution in [-0.4, -0.2) is 16.8 Å². The van der Waals surface area contributed by atoms with Crippen molar-refractivity contribution < 1.29 is 10.2 Å². The maximum atomic E-state index is 10.0. The second-order valence-electron chi connectivity index (χ2n) is 5.29. The highest BCUT2D eigenvalue weighted by atomic mass is 16.3. The molecule has 0 radical (unpaired) electrons. The molecule has 0 saturated carbocycles. The Morgan fingerprint density at radius 1 is 1.05 bits per heavy atom. The summed E-state index contributed by atoms with van der Waals surface area (Å²) in [6.45, 7) is 4.32. The molecular weight excluding hydrogens is 250 g/mol. The summed E-state index contributed by atoms with van der Waals surface area (Å²) in [5.74, 6) is 0.313. The zero-order valence-electron chi connectivity index (χ0n) is 11.9. The van der Waals surface area contributed by atoms with Crippen LogP contribution in [0.3, 0.4) is 0 Å². The van der Waals surface area contributed by atoms with Crippen LogP contribution in [0.2, 0.25) is 0 Å². The first-order valence-electron chi connectivity index (χ1n) is 6.76. The first-order chi connectivity index (χ1) is 9.57. The van der Waals surface area contributed by atoms with Crippen molar-refractivity contribution in [3.63, 3.8) is 0 Å². The number of nitrogens with one attached hydrogen (secondary N) is 1. The fraction of sp³-hybridized carbons (Fsp3) is 0.294. The fourth-order valence-corrected chi connectivity index (χ4v) is 2.21. The zero-order chi connectivity index (χ0) is 14.6. The number of phenols is 1. The lowest BCUT2D eigenvalue weighted by Gasteiger charge is -2.29. The third kappa shape index (κ3) is 3.00. The standard InChI is InChI=1S/C17H21NO2/c1-13-7-6-8-14(16(13)20)11-18-17(2,12-19)15-9-4-3-5-10-15/h3-10,18-20H,11-12H2,1-2H3. The molecule has 3 N–H and O–H groups in total. The third-order valence-corrected chi connectivity index (χ3v) is 3.72. The molecule has 2 aromatic carbocycles. The van der Waals surface area contributed by atoms with Crippen molar-refractivity contribution in [3.8, 4) is 5.75 Å². The molecule has 3 heteroatoms. The van der Waals surface area contributed by atoms with E-state index in [1.807, 2.05) is 62.4 Å². The average molecular weight is 271 g/mol. The molecule has 3 nitrogen and oxygen atoms in total. The lowest BCUT2D eigenvalue weighted by Crippen LogP contribution is -2.42. The van der Waals surface area contributed by atoms with E-state index in [2.05, 4.69) is 5.32 Å². The summed E-state index contributed by atoms with van der Waals surface area (Å²) in [6, 6.07) is 15.5. The van der Waals surface area contributed by atoms with E-state index < -0.39 is 5.54 Å². The highest BCUT2D eigenvalue weighted by Gasteiger charge is 2.25. The van der Waals surface area contributed by atoms with Crippen molar-refractivity contribution in [1.82, 2.24) is 5.32 Å². The van der Waals surface area contributed by atoms with Crippen molar-refractivity contribution in [1.29, 1.82) is 0 Å². The molecule has 0 aliphatic carbocycles. The van der Waals surface area contributed by atoms with Gasteiger partial charge in [-0.05, 0) is 25.0 Å². The second kappa shape index (κ2) is 6.07. The predicted octanol–water partition coefficient (Wildman–Crippen LogP) is 2.70. The number of hydrogen-bond donors (Lipinski definition) is 3. The molecule has 106 valence electrons. The van der Waals surface area contributed by atoms with Crippen LogP contribution < -0.4 is 5.32 Å². The molecule has 2 rings (SSSR count). The van der Waals surface area contributed by atoms with Crippen LogP contribution in [0.25, 0.3) is 0 Å². The highest BCUT2D eigenvalue weighted by molar-refractivity contribution is 5.39. The third-order valence-electron chi connectivity index (χ3n) is 3.72. The second-order valence-corrected chi connectivity index (χ2v) is 5.29.